The van der Waals surface area contributed by atoms with Crippen molar-refractivity contribution in [2.75, 3.05) is 20.2 Å². The molecule has 2 aliphatic heterocycles. The number of rotatable bonds is 5. The second-order valence-corrected chi connectivity index (χ2v) is 8.42. The zero-order valence-electron chi connectivity index (χ0n) is 18.2. The first-order valence-corrected chi connectivity index (χ1v) is 11.1. The number of hydrogen-bond donors (Lipinski definition) is 0. The van der Waals surface area contributed by atoms with Crippen LogP contribution in [0.15, 0.2) is 103 Å². The van der Waals surface area contributed by atoms with Gasteiger partial charge < -0.3 is 9.47 Å². The van der Waals surface area contributed by atoms with E-state index in [9.17, 15) is 4.79 Å². The first kappa shape index (κ1) is 20.5. The first-order chi connectivity index (χ1) is 15.7. The van der Waals surface area contributed by atoms with Crippen LogP contribution in [0.2, 0.25) is 0 Å². The van der Waals surface area contributed by atoms with Gasteiger partial charge in [-0.25, -0.2) is 4.79 Å². The van der Waals surface area contributed by atoms with E-state index in [1.54, 1.807) is 7.11 Å². The van der Waals surface area contributed by atoms with Gasteiger partial charge in [-0.15, -0.1) is 0 Å². The van der Waals surface area contributed by atoms with Crippen LogP contribution in [0.5, 0.6) is 0 Å². The molecule has 3 aromatic carbocycles. The molecule has 1 spiro atoms. The molecule has 0 aliphatic carbocycles. The number of hydrogen-bond acceptors (Lipinski definition) is 4. The Hall–Kier alpha value is -3.37. The minimum Gasteiger partial charge on any atom is -0.497 e. The van der Waals surface area contributed by atoms with Crippen LogP contribution in [0, 0.1) is 0 Å². The zero-order valence-corrected chi connectivity index (χ0v) is 18.2. The summed E-state index contributed by atoms with van der Waals surface area (Å²) in [4.78, 5) is 14.6. The number of esters is 1. The Labute approximate surface area is 189 Å². The third-order valence-electron chi connectivity index (χ3n) is 6.83. The molecule has 1 fully saturated rings. The van der Waals surface area contributed by atoms with Crippen LogP contribution in [0.3, 0.4) is 0 Å². The third kappa shape index (κ3) is 3.23. The highest BCUT2D eigenvalue weighted by Crippen LogP contribution is 2.47. The lowest BCUT2D eigenvalue weighted by Gasteiger charge is -2.50. The Bertz CT molecular complexity index is 1000. The predicted octanol–water partition coefficient (Wildman–Crippen LogP) is 4.90. The summed E-state index contributed by atoms with van der Waals surface area (Å²) in [6.45, 7) is 1.51. The standard InChI is InChI=1S/C28H27NO3/c1-31-25-21-26(30)32-27(25)17-19-29(20-18-27)28(22-11-5-2-6-12-22,23-13-7-3-8-14-23)24-15-9-4-10-16-24/h2-16,21H,17-20H2,1H3. The van der Waals surface area contributed by atoms with Gasteiger partial charge in [-0.2, -0.15) is 0 Å². The van der Waals surface area contributed by atoms with Gasteiger partial charge in [0.05, 0.1) is 18.7 Å². The molecule has 0 atom stereocenters. The summed E-state index contributed by atoms with van der Waals surface area (Å²) in [5.41, 5.74) is 2.56. The van der Waals surface area contributed by atoms with E-state index in [1.165, 1.54) is 22.8 Å². The van der Waals surface area contributed by atoms with Gasteiger partial charge in [0.1, 0.15) is 5.76 Å². The van der Waals surface area contributed by atoms with E-state index in [1.807, 2.05) is 0 Å². The number of piperidine rings is 1. The minimum absolute atomic E-state index is 0.309. The second kappa shape index (κ2) is 8.29. The van der Waals surface area contributed by atoms with Crippen molar-refractivity contribution in [2.24, 2.45) is 0 Å². The van der Waals surface area contributed by atoms with E-state index in [0.29, 0.717) is 18.6 Å². The van der Waals surface area contributed by atoms with Crippen molar-refractivity contribution in [2.45, 2.75) is 24.0 Å². The summed E-state index contributed by atoms with van der Waals surface area (Å²) in [5.74, 6) is 0.336. The number of carbonyl (C=O) groups is 1. The van der Waals surface area contributed by atoms with E-state index in [4.69, 9.17) is 9.47 Å². The maximum atomic E-state index is 12.0. The minimum atomic E-state index is -0.655. The molecule has 2 aliphatic rings. The summed E-state index contributed by atoms with van der Waals surface area (Å²) in [7, 11) is 1.62. The van der Waals surface area contributed by atoms with Crippen LogP contribution >= 0.6 is 0 Å². The Morgan fingerprint density at radius 3 is 1.62 bits per heavy atom. The van der Waals surface area contributed by atoms with Gasteiger partial charge in [0.25, 0.3) is 0 Å². The lowest BCUT2D eigenvalue weighted by molar-refractivity contribution is -0.152. The van der Waals surface area contributed by atoms with Crippen molar-refractivity contribution in [1.29, 1.82) is 0 Å². The lowest BCUT2D eigenvalue weighted by atomic mass is 9.73. The molecule has 0 aromatic heterocycles. The van der Waals surface area contributed by atoms with Crippen LogP contribution in [0.4, 0.5) is 0 Å². The highest BCUT2D eigenvalue weighted by molar-refractivity contribution is 5.86. The van der Waals surface area contributed by atoms with Crippen molar-refractivity contribution in [3.8, 4) is 0 Å². The quantitative estimate of drug-likeness (QED) is 0.431. The van der Waals surface area contributed by atoms with Crippen molar-refractivity contribution in [3.63, 3.8) is 0 Å². The average molecular weight is 426 g/mol. The molecule has 0 unspecified atom stereocenters. The molecule has 3 aromatic rings. The van der Waals surface area contributed by atoms with Crippen LogP contribution in [-0.2, 0) is 19.8 Å². The molecule has 0 N–H and O–H groups in total. The molecular weight excluding hydrogens is 398 g/mol. The molecule has 0 saturated carbocycles. The maximum absolute atomic E-state index is 12.0. The largest absolute Gasteiger partial charge is 0.497 e. The fourth-order valence-corrected chi connectivity index (χ4v) is 5.39. The molecule has 162 valence electrons. The maximum Gasteiger partial charge on any atom is 0.335 e. The van der Waals surface area contributed by atoms with E-state index in [0.717, 1.165) is 13.1 Å². The summed E-state index contributed by atoms with van der Waals surface area (Å²) in [6, 6.07) is 32.0. The van der Waals surface area contributed by atoms with Crippen molar-refractivity contribution >= 4 is 5.97 Å². The normalized spacial score (nSPS) is 18.3. The molecule has 0 radical (unpaired) electrons. The monoisotopic (exact) mass is 425 g/mol. The Kier molecular flexibility index (Phi) is 5.32. The van der Waals surface area contributed by atoms with E-state index >= 15 is 0 Å². The number of likely N-dealkylation sites (tertiary alicyclic amines) is 1. The summed E-state index contributed by atoms with van der Waals surface area (Å²) < 4.78 is 11.3. The van der Waals surface area contributed by atoms with Crippen LogP contribution in [-0.4, -0.2) is 36.7 Å². The molecule has 2 heterocycles. The van der Waals surface area contributed by atoms with Gasteiger partial charge in [0.15, 0.2) is 5.60 Å². The molecule has 32 heavy (non-hydrogen) atoms. The fourth-order valence-electron chi connectivity index (χ4n) is 5.39. The van der Waals surface area contributed by atoms with Crippen LogP contribution in [0.25, 0.3) is 0 Å². The van der Waals surface area contributed by atoms with Gasteiger partial charge in [0.2, 0.25) is 0 Å². The molecule has 0 bridgehead atoms. The molecule has 4 nitrogen and oxygen atoms in total. The van der Waals surface area contributed by atoms with Gasteiger partial charge >= 0.3 is 5.97 Å². The molecule has 1 saturated heterocycles. The second-order valence-electron chi connectivity index (χ2n) is 8.42. The molecule has 4 heteroatoms. The Morgan fingerprint density at radius 2 is 1.22 bits per heavy atom. The lowest BCUT2D eigenvalue weighted by Crippen LogP contribution is -2.55. The van der Waals surface area contributed by atoms with Gasteiger partial charge in [-0.3, -0.25) is 4.90 Å². The highest BCUT2D eigenvalue weighted by Gasteiger charge is 2.51. The topological polar surface area (TPSA) is 38.8 Å². The Balaban J connectivity index is 1.63. The van der Waals surface area contributed by atoms with Crippen molar-refractivity contribution in [1.82, 2.24) is 4.90 Å². The first-order valence-electron chi connectivity index (χ1n) is 11.1. The van der Waals surface area contributed by atoms with Crippen molar-refractivity contribution < 1.29 is 14.3 Å². The third-order valence-corrected chi connectivity index (χ3v) is 6.83. The van der Waals surface area contributed by atoms with Gasteiger partial charge in [-0.1, -0.05) is 91.0 Å². The summed E-state index contributed by atoms with van der Waals surface area (Å²) in [6.07, 6.45) is 2.87. The smallest absolute Gasteiger partial charge is 0.335 e. The number of nitrogens with zero attached hydrogens (tertiary/aromatic N) is 1. The highest BCUT2D eigenvalue weighted by atomic mass is 16.6. The number of benzene rings is 3. The van der Waals surface area contributed by atoms with Gasteiger partial charge in [-0.05, 0) is 16.7 Å². The zero-order chi connectivity index (χ0) is 22.0. The van der Waals surface area contributed by atoms with Crippen LogP contribution < -0.4 is 0 Å². The van der Waals surface area contributed by atoms with Gasteiger partial charge in [0, 0.05) is 25.9 Å². The number of ether oxygens (including phenoxy) is 2. The van der Waals surface area contributed by atoms with Crippen LogP contribution in [0.1, 0.15) is 29.5 Å². The molecule has 5 rings (SSSR count). The van der Waals surface area contributed by atoms with E-state index in [2.05, 4.69) is 95.9 Å². The van der Waals surface area contributed by atoms with E-state index < -0.39 is 11.1 Å². The Morgan fingerprint density at radius 1 is 0.781 bits per heavy atom. The molecule has 0 amide bonds. The van der Waals surface area contributed by atoms with Crippen molar-refractivity contribution in [3.05, 3.63) is 120 Å². The number of methoxy groups -OCH3 is 1. The SMILES string of the molecule is COC1=CC(=O)OC12CCN(C(c1ccccc1)(c1ccccc1)c1ccccc1)CC2. The fraction of sp³-hybridized carbons (Fsp3) is 0.250. The number of carbonyl (C=O) groups excluding carboxylic acids is 1. The molecular formula is C28H27NO3. The predicted molar refractivity (Wildman–Crippen MR) is 124 cm³/mol. The summed E-state index contributed by atoms with van der Waals surface area (Å²) >= 11 is 0. The van der Waals surface area contributed by atoms with E-state index in [-0.39, 0.29) is 5.97 Å². The summed E-state index contributed by atoms with van der Waals surface area (Å²) in [5, 5.41) is 0. The average Bonchev–Trinajstić information content (AvgIpc) is 3.17.